The van der Waals surface area contributed by atoms with Gasteiger partial charge in [0.25, 0.3) is 5.91 Å². The van der Waals surface area contributed by atoms with Gasteiger partial charge in [0, 0.05) is 30.8 Å². The van der Waals surface area contributed by atoms with Crippen molar-refractivity contribution in [1.29, 1.82) is 0 Å². The number of hydrogen-bond acceptors (Lipinski definition) is 4. The Kier molecular flexibility index (Phi) is 7.33. The Labute approximate surface area is 153 Å². The minimum atomic E-state index is -0.130. The van der Waals surface area contributed by atoms with Crippen LogP contribution in [-0.2, 0) is 9.53 Å². The fourth-order valence-electron chi connectivity index (χ4n) is 2.53. The molecule has 136 valence electrons. The van der Waals surface area contributed by atoms with Crippen LogP contribution in [0.2, 0.25) is 0 Å². The molecule has 25 heavy (non-hydrogen) atoms. The number of rotatable bonds is 6. The number of amides is 2. The van der Waals surface area contributed by atoms with Gasteiger partial charge in [-0.2, -0.15) is 0 Å². The topological polar surface area (TPSA) is 79.5 Å². The molecule has 0 saturated carbocycles. The van der Waals surface area contributed by atoms with Crippen LogP contribution in [-0.4, -0.2) is 36.2 Å². The van der Waals surface area contributed by atoms with Crippen molar-refractivity contribution >= 4 is 34.8 Å². The highest BCUT2D eigenvalue weighted by Gasteiger charge is 2.16. The molecule has 2 rings (SSSR count). The van der Waals surface area contributed by atoms with E-state index in [1.54, 1.807) is 24.3 Å². The molecule has 0 radical (unpaired) electrons. The Morgan fingerprint density at radius 2 is 2.00 bits per heavy atom. The maximum atomic E-state index is 12.1. The van der Waals surface area contributed by atoms with Crippen LogP contribution in [0.5, 0.6) is 0 Å². The molecule has 2 amide bonds. The molecular formula is C18H25N3O3S. The molecule has 1 fully saturated rings. The molecule has 0 spiro atoms. The molecule has 1 saturated heterocycles. The first-order valence-electron chi connectivity index (χ1n) is 8.54. The molecule has 1 heterocycles. The molecule has 1 unspecified atom stereocenters. The molecule has 1 aromatic carbocycles. The van der Waals surface area contributed by atoms with Gasteiger partial charge in [-0.3, -0.25) is 9.59 Å². The van der Waals surface area contributed by atoms with E-state index in [-0.39, 0.29) is 28.9 Å². The van der Waals surface area contributed by atoms with Crippen LogP contribution in [0.25, 0.3) is 0 Å². The summed E-state index contributed by atoms with van der Waals surface area (Å²) in [5.74, 6) is 0.0303. The van der Waals surface area contributed by atoms with Crippen LogP contribution in [0.15, 0.2) is 24.3 Å². The summed E-state index contributed by atoms with van der Waals surface area (Å²) in [6, 6.07) is 6.93. The number of hydrogen-bond donors (Lipinski definition) is 3. The normalized spacial score (nSPS) is 16.5. The lowest BCUT2D eigenvalue weighted by molar-refractivity contribution is -0.120. The van der Waals surface area contributed by atoms with E-state index in [0.717, 1.165) is 19.4 Å². The predicted molar refractivity (Wildman–Crippen MR) is 102 cm³/mol. The maximum absolute atomic E-state index is 12.1. The van der Waals surface area contributed by atoms with Gasteiger partial charge in [-0.1, -0.05) is 13.8 Å². The van der Waals surface area contributed by atoms with Gasteiger partial charge in [-0.15, -0.1) is 0 Å². The average molecular weight is 363 g/mol. The smallest absolute Gasteiger partial charge is 0.251 e. The van der Waals surface area contributed by atoms with Crippen LogP contribution in [0.4, 0.5) is 5.69 Å². The summed E-state index contributed by atoms with van der Waals surface area (Å²) in [5, 5.41) is 8.70. The van der Waals surface area contributed by atoms with Crippen molar-refractivity contribution in [3.8, 4) is 0 Å². The SMILES string of the molecule is CC(C)CC(=O)NC(=S)Nc1ccc(C(=O)NCC2CCCO2)cc1. The standard InChI is InChI=1S/C18H25N3O3S/c1-12(2)10-16(22)21-18(25)20-14-7-5-13(6-8-14)17(23)19-11-15-4-3-9-24-15/h5-8,12,15H,3-4,9-11H2,1-2H3,(H,19,23)(H2,20,21,22,25). The fraction of sp³-hybridized carbons (Fsp3) is 0.500. The molecule has 1 aliphatic rings. The minimum Gasteiger partial charge on any atom is -0.376 e. The maximum Gasteiger partial charge on any atom is 0.251 e. The van der Waals surface area contributed by atoms with Crippen molar-refractivity contribution in [3.63, 3.8) is 0 Å². The van der Waals surface area contributed by atoms with Crippen molar-refractivity contribution in [2.75, 3.05) is 18.5 Å². The zero-order chi connectivity index (χ0) is 18.2. The van der Waals surface area contributed by atoms with Crippen LogP contribution >= 0.6 is 12.2 Å². The monoisotopic (exact) mass is 363 g/mol. The van der Waals surface area contributed by atoms with E-state index >= 15 is 0 Å². The second kappa shape index (κ2) is 9.48. The zero-order valence-corrected chi connectivity index (χ0v) is 15.4. The van der Waals surface area contributed by atoms with Crippen molar-refractivity contribution in [3.05, 3.63) is 29.8 Å². The number of nitrogens with one attached hydrogen (secondary N) is 3. The highest BCUT2D eigenvalue weighted by Crippen LogP contribution is 2.12. The van der Waals surface area contributed by atoms with E-state index in [4.69, 9.17) is 17.0 Å². The van der Waals surface area contributed by atoms with Gasteiger partial charge >= 0.3 is 0 Å². The Hall–Kier alpha value is -1.99. The third-order valence-corrected chi connectivity index (χ3v) is 3.97. The Bertz CT molecular complexity index is 610. The largest absolute Gasteiger partial charge is 0.376 e. The van der Waals surface area contributed by atoms with Gasteiger partial charge in [0.1, 0.15) is 0 Å². The van der Waals surface area contributed by atoms with E-state index < -0.39 is 0 Å². The third-order valence-electron chi connectivity index (χ3n) is 3.77. The van der Waals surface area contributed by atoms with Crippen molar-refractivity contribution in [1.82, 2.24) is 10.6 Å². The van der Waals surface area contributed by atoms with Gasteiger partial charge in [0.15, 0.2) is 5.11 Å². The predicted octanol–water partition coefficient (Wildman–Crippen LogP) is 2.45. The van der Waals surface area contributed by atoms with E-state index in [0.29, 0.717) is 24.2 Å². The van der Waals surface area contributed by atoms with Crippen LogP contribution in [0, 0.1) is 5.92 Å². The van der Waals surface area contributed by atoms with Crippen molar-refractivity contribution in [2.45, 2.75) is 39.2 Å². The summed E-state index contributed by atoms with van der Waals surface area (Å²) in [5.41, 5.74) is 1.28. The Morgan fingerprint density at radius 1 is 1.28 bits per heavy atom. The molecule has 0 aromatic heterocycles. The second-order valence-corrected chi connectivity index (χ2v) is 6.93. The minimum absolute atomic E-state index is 0.113. The molecule has 7 heteroatoms. The van der Waals surface area contributed by atoms with E-state index in [9.17, 15) is 9.59 Å². The zero-order valence-electron chi connectivity index (χ0n) is 14.6. The lowest BCUT2D eigenvalue weighted by Crippen LogP contribution is -2.34. The molecule has 1 aromatic rings. The average Bonchev–Trinajstić information content (AvgIpc) is 3.05. The van der Waals surface area contributed by atoms with Gasteiger partial charge in [0.2, 0.25) is 5.91 Å². The third kappa shape index (κ3) is 6.80. The quantitative estimate of drug-likeness (QED) is 0.677. The number of carbonyl (C=O) groups excluding carboxylic acids is 2. The first-order valence-corrected chi connectivity index (χ1v) is 8.95. The van der Waals surface area contributed by atoms with Crippen LogP contribution < -0.4 is 16.0 Å². The first kappa shape index (κ1) is 19.3. The Balaban J connectivity index is 1.79. The fourth-order valence-corrected chi connectivity index (χ4v) is 2.76. The van der Waals surface area contributed by atoms with Crippen LogP contribution in [0.1, 0.15) is 43.5 Å². The van der Waals surface area contributed by atoms with E-state index in [2.05, 4.69) is 16.0 Å². The van der Waals surface area contributed by atoms with Gasteiger partial charge < -0.3 is 20.7 Å². The number of ether oxygens (including phenoxy) is 1. The van der Waals surface area contributed by atoms with Gasteiger partial charge in [-0.05, 0) is 55.2 Å². The number of anilines is 1. The number of thiocarbonyl (C=S) groups is 1. The van der Waals surface area contributed by atoms with Crippen molar-refractivity contribution < 1.29 is 14.3 Å². The lowest BCUT2D eigenvalue weighted by atomic mass is 10.1. The molecular weight excluding hydrogens is 338 g/mol. The summed E-state index contributed by atoms with van der Waals surface area (Å²) in [6.45, 7) is 5.25. The van der Waals surface area contributed by atoms with Crippen molar-refractivity contribution in [2.24, 2.45) is 5.92 Å². The molecule has 0 aliphatic carbocycles. The number of carbonyl (C=O) groups is 2. The summed E-state index contributed by atoms with van der Waals surface area (Å²) < 4.78 is 5.48. The van der Waals surface area contributed by atoms with Gasteiger partial charge in [0.05, 0.1) is 6.10 Å². The Morgan fingerprint density at radius 3 is 2.60 bits per heavy atom. The molecule has 1 atom stereocenters. The molecule has 1 aliphatic heterocycles. The summed E-state index contributed by atoms with van der Waals surface area (Å²) in [4.78, 5) is 23.8. The highest BCUT2D eigenvalue weighted by molar-refractivity contribution is 7.80. The van der Waals surface area contributed by atoms with E-state index in [1.165, 1.54) is 0 Å². The molecule has 0 bridgehead atoms. The first-order chi connectivity index (χ1) is 11.9. The summed E-state index contributed by atoms with van der Waals surface area (Å²) in [6.07, 6.45) is 2.58. The number of benzene rings is 1. The molecule has 3 N–H and O–H groups in total. The highest BCUT2D eigenvalue weighted by atomic mass is 32.1. The van der Waals surface area contributed by atoms with Gasteiger partial charge in [-0.25, -0.2) is 0 Å². The molecule has 6 nitrogen and oxygen atoms in total. The second-order valence-electron chi connectivity index (χ2n) is 6.52. The van der Waals surface area contributed by atoms with E-state index in [1.807, 2.05) is 13.8 Å². The summed E-state index contributed by atoms with van der Waals surface area (Å²) in [7, 11) is 0. The summed E-state index contributed by atoms with van der Waals surface area (Å²) >= 11 is 5.12. The lowest BCUT2D eigenvalue weighted by Gasteiger charge is -2.12. The van der Waals surface area contributed by atoms with Crippen LogP contribution in [0.3, 0.4) is 0 Å².